The number of nitrogens with one attached hydrogen (secondary N) is 1. The van der Waals surface area contributed by atoms with Gasteiger partial charge in [-0.25, -0.2) is 14.2 Å². The van der Waals surface area contributed by atoms with Crippen molar-refractivity contribution in [1.29, 1.82) is 0 Å². The second-order valence-corrected chi connectivity index (χ2v) is 8.94. The molecule has 0 unspecified atom stereocenters. The molecule has 2 heterocycles. The molecule has 2 amide bonds. The summed E-state index contributed by atoms with van der Waals surface area (Å²) in [6.45, 7) is 3.27. The van der Waals surface area contributed by atoms with Gasteiger partial charge < -0.3 is 15.0 Å². The van der Waals surface area contributed by atoms with Gasteiger partial charge in [0.25, 0.3) is 0 Å². The van der Waals surface area contributed by atoms with Crippen LogP contribution in [0.3, 0.4) is 0 Å². The van der Waals surface area contributed by atoms with E-state index in [1.165, 1.54) is 12.1 Å². The molecule has 2 aliphatic rings. The Labute approximate surface area is 192 Å². The van der Waals surface area contributed by atoms with Crippen LogP contribution in [0.15, 0.2) is 58.5 Å². The summed E-state index contributed by atoms with van der Waals surface area (Å²) in [4.78, 5) is 24.5. The smallest absolute Gasteiger partial charge is 0.321 e. The van der Waals surface area contributed by atoms with Crippen molar-refractivity contribution in [3.63, 3.8) is 0 Å². The molecule has 2 aromatic rings. The average molecular weight is 455 g/mol. The lowest BCUT2D eigenvalue weighted by Gasteiger charge is -2.35. The molecule has 4 rings (SSSR count). The first-order valence-electron chi connectivity index (χ1n) is 10.8. The molecule has 8 heteroatoms. The highest BCUT2D eigenvalue weighted by atomic mass is 32.2. The van der Waals surface area contributed by atoms with Crippen LogP contribution in [0.5, 0.6) is 5.75 Å². The Kier molecular flexibility index (Phi) is 6.79. The molecule has 0 aliphatic carbocycles. The number of methoxy groups -OCH3 is 1. The van der Waals surface area contributed by atoms with Gasteiger partial charge in [-0.3, -0.25) is 4.99 Å². The van der Waals surface area contributed by atoms with Crippen molar-refractivity contribution >= 4 is 34.2 Å². The van der Waals surface area contributed by atoms with E-state index < -0.39 is 5.66 Å². The predicted molar refractivity (Wildman–Crippen MR) is 129 cm³/mol. The van der Waals surface area contributed by atoms with E-state index in [2.05, 4.69) is 12.2 Å². The number of carbonyl (C=O) groups is 1. The number of nitrogens with zero attached hydrogens (tertiary/aromatic N) is 3. The summed E-state index contributed by atoms with van der Waals surface area (Å²) in [5, 5.41) is 3.81. The van der Waals surface area contributed by atoms with Crippen LogP contribution in [0.4, 0.5) is 14.9 Å². The Hall–Kier alpha value is -2.87. The number of ether oxygens (including phenoxy) is 1. The highest BCUT2D eigenvalue weighted by molar-refractivity contribution is 8.15. The molecule has 0 saturated carbocycles. The summed E-state index contributed by atoms with van der Waals surface area (Å²) in [6, 6.07) is 13.5. The fourth-order valence-electron chi connectivity index (χ4n) is 3.79. The number of carbonyl (C=O) groups excluding carboxylic acids is 1. The molecular weight excluding hydrogens is 427 g/mol. The maximum absolute atomic E-state index is 13.1. The van der Waals surface area contributed by atoms with Crippen LogP contribution in [0.25, 0.3) is 0 Å². The normalized spacial score (nSPS) is 17.2. The van der Waals surface area contributed by atoms with Gasteiger partial charge in [-0.05, 0) is 60.7 Å². The van der Waals surface area contributed by atoms with Crippen LogP contribution in [-0.2, 0) is 0 Å². The highest BCUT2D eigenvalue weighted by Crippen LogP contribution is 2.36. The topological polar surface area (TPSA) is 66.3 Å². The number of amides is 2. The van der Waals surface area contributed by atoms with E-state index in [-0.39, 0.29) is 11.8 Å². The van der Waals surface area contributed by atoms with Gasteiger partial charge in [0.2, 0.25) is 0 Å². The van der Waals surface area contributed by atoms with Crippen LogP contribution in [0.2, 0.25) is 0 Å². The number of piperidine rings is 1. The number of anilines is 1. The fraction of sp³-hybridized carbons (Fsp3) is 0.375. The van der Waals surface area contributed by atoms with Crippen molar-refractivity contribution in [3.8, 4) is 5.75 Å². The third kappa shape index (κ3) is 4.96. The van der Waals surface area contributed by atoms with Crippen LogP contribution >= 0.6 is 11.8 Å². The first kappa shape index (κ1) is 22.3. The minimum Gasteiger partial charge on any atom is -0.497 e. The monoisotopic (exact) mass is 454 g/mol. The van der Waals surface area contributed by atoms with E-state index in [0.717, 1.165) is 34.2 Å². The van der Waals surface area contributed by atoms with E-state index in [1.54, 1.807) is 35.9 Å². The lowest BCUT2D eigenvalue weighted by atomic mass is 9.98. The molecule has 0 aromatic heterocycles. The molecule has 1 saturated heterocycles. The quantitative estimate of drug-likeness (QED) is 0.675. The van der Waals surface area contributed by atoms with E-state index in [9.17, 15) is 9.18 Å². The predicted octanol–water partition coefficient (Wildman–Crippen LogP) is 5.20. The molecule has 2 aliphatic heterocycles. The van der Waals surface area contributed by atoms with Crippen LogP contribution < -0.4 is 10.1 Å². The lowest BCUT2D eigenvalue weighted by Crippen LogP contribution is -2.46. The minimum absolute atomic E-state index is 0.187. The molecule has 0 bridgehead atoms. The van der Waals surface area contributed by atoms with Gasteiger partial charge in [0.15, 0.2) is 5.66 Å². The number of halogens is 1. The van der Waals surface area contributed by atoms with Crippen LogP contribution in [0, 0.1) is 5.82 Å². The van der Waals surface area contributed by atoms with Crippen molar-refractivity contribution in [3.05, 3.63) is 59.9 Å². The maximum atomic E-state index is 13.1. The summed E-state index contributed by atoms with van der Waals surface area (Å²) in [7, 11) is 1.65. The number of aliphatic imine (C=N–C) groups is 2. The number of hydrogen-bond acceptors (Lipinski definition) is 5. The Morgan fingerprint density at radius 3 is 2.44 bits per heavy atom. The highest BCUT2D eigenvalue weighted by Gasteiger charge is 2.40. The molecule has 168 valence electrons. The Morgan fingerprint density at radius 1 is 1.12 bits per heavy atom. The van der Waals surface area contributed by atoms with E-state index in [0.29, 0.717) is 31.6 Å². The lowest BCUT2D eigenvalue weighted by molar-refractivity contribution is 0.175. The molecule has 0 atom stereocenters. The molecule has 1 fully saturated rings. The van der Waals surface area contributed by atoms with Crippen molar-refractivity contribution < 1.29 is 13.9 Å². The molecule has 2 aromatic carbocycles. The Balaban J connectivity index is 1.47. The number of urea groups is 1. The van der Waals surface area contributed by atoms with Crippen LogP contribution in [0.1, 0.15) is 31.7 Å². The maximum Gasteiger partial charge on any atom is 0.321 e. The number of hydrogen-bond donors (Lipinski definition) is 1. The second kappa shape index (κ2) is 9.73. The van der Waals surface area contributed by atoms with Gasteiger partial charge in [0.1, 0.15) is 16.6 Å². The number of thioether (sulfide) groups is 1. The van der Waals surface area contributed by atoms with E-state index in [1.807, 2.05) is 24.3 Å². The Bertz CT molecular complexity index is 1010. The summed E-state index contributed by atoms with van der Waals surface area (Å²) in [6.07, 6.45) is 2.39. The zero-order valence-electron chi connectivity index (χ0n) is 18.3. The first-order valence-corrected chi connectivity index (χ1v) is 11.8. The van der Waals surface area contributed by atoms with Crippen molar-refractivity contribution in [2.75, 3.05) is 31.3 Å². The molecule has 1 spiro atoms. The van der Waals surface area contributed by atoms with Gasteiger partial charge in [0.05, 0.1) is 12.8 Å². The van der Waals surface area contributed by atoms with Gasteiger partial charge in [0, 0.05) is 37.2 Å². The SMILES string of the molecule is CCCSC1=NC2(CCN(C(=O)Nc3ccc(F)cc3)CC2)N=C1c1ccc(OC)cc1. The molecule has 0 radical (unpaired) electrons. The number of benzene rings is 2. The third-order valence-corrected chi connectivity index (χ3v) is 6.76. The molecule has 6 nitrogen and oxygen atoms in total. The third-order valence-electron chi connectivity index (χ3n) is 5.59. The van der Waals surface area contributed by atoms with Crippen molar-refractivity contribution in [1.82, 2.24) is 4.90 Å². The fourth-order valence-corrected chi connectivity index (χ4v) is 4.72. The van der Waals surface area contributed by atoms with Gasteiger partial charge >= 0.3 is 6.03 Å². The average Bonchev–Trinajstić information content (AvgIpc) is 3.17. The van der Waals surface area contributed by atoms with Gasteiger partial charge in [-0.1, -0.05) is 6.92 Å². The zero-order valence-corrected chi connectivity index (χ0v) is 19.1. The standard InChI is InChI=1S/C24H27FN4O2S/c1-3-16-32-22-21(17-4-10-20(31-2)11-5-17)27-24(28-22)12-14-29(15-13-24)23(30)26-19-8-6-18(25)7-9-19/h4-11H,3,12-16H2,1-2H3,(H,26,30). The van der Waals surface area contributed by atoms with Gasteiger partial charge in [-0.2, -0.15) is 0 Å². The van der Waals surface area contributed by atoms with Crippen molar-refractivity contribution in [2.45, 2.75) is 31.8 Å². The van der Waals surface area contributed by atoms with Gasteiger partial charge in [-0.15, -0.1) is 11.8 Å². The van der Waals surface area contributed by atoms with E-state index in [4.69, 9.17) is 14.7 Å². The molecule has 1 N–H and O–H groups in total. The summed E-state index contributed by atoms with van der Waals surface area (Å²) in [5.41, 5.74) is 2.02. The Morgan fingerprint density at radius 2 is 1.81 bits per heavy atom. The number of likely N-dealkylation sites (tertiary alicyclic amines) is 1. The number of rotatable bonds is 5. The van der Waals surface area contributed by atoms with Crippen molar-refractivity contribution in [2.24, 2.45) is 9.98 Å². The summed E-state index contributed by atoms with van der Waals surface area (Å²) >= 11 is 1.74. The zero-order chi connectivity index (χ0) is 22.6. The summed E-state index contributed by atoms with van der Waals surface area (Å²) in [5.74, 6) is 1.46. The van der Waals surface area contributed by atoms with Crippen LogP contribution in [-0.4, -0.2) is 53.3 Å². The minimum atomic E-state index is -0.516. The second-order valence-electron chi connectivity index (χ2n) is 7.86. The summed E-state index contributed by atoms with van der Waals surface area (Å²) < 4.78 is 18.4. The first-order chi connectivity index (χ1) is 15.5. The largest absolute Gasteiger partial charge is 0.497 e. The van der Waals surface area contributed by atoms with E-state index >= 15 is 0 Å². The molecule has 32 heavy (non-hydrogen) atoms. The molecular formula is C24H27FN4O2S.